The number of piperidine rings is 1. The van der Waals surface area contributed by atoms with Gasteiger partial charge in [-0.1, -0.05) is 13.0 Å². The smallest absolute Gasteiger partial charge is 0.315 e. The first-order valence-electron chi connectivity index (χ1n) is 6.36. The fraction of sp³-hybridized carbons (Fsp3) is 0.692. The second kappa shape index (κ2) is 4.51. The quantitative estimate of drug-likeness (QED) is 0.818. The molecule has 1 N–H and O–H groups in total. The highest BCUT2D eigenvalue weighted by molar-refractivity contribution is 5.87. The number of aliphatic carboxylic acids is 1. The molecule has 1 amide bonds. The van der Waals surface area contributed by atoms with Gasteiger partial charge in [0.2, 0.25) is 5.91 Å². The molecule has 1 atom stereocenters. The molecule has 1 fully saturated rings. The zero-order valence-electron chi connectivity index (χ0n) is 10.2. The number of fused-ring (bicyclic) bond motifs is 1. The summed E-state index contributed by atoms with van der Waals surface area (Å²) >= 11 is 0. The van der Waals surface area contributed by atoms with Gasteiger partial charge >= 0.3 is 5.97 Å². The van der Waals surface area contributed by atoms with Crippen LogP contribution in [0, 0.1) is 5.41 Å². The van der Waals surface area contributed by atoms with E-state index >= 15 is 0 Å². The van der Waals surface area contributed by atoms with Crippen LogP contribution in [0.15, 0.2) is 11.8 Å². The van der Waals surface area contributed by atoms with E-state index in [-0.39, 0.29) is 5.91 Å². The molecule has 0 aromatic heterocycles. The standard InChI is InChI=1S/C13H19NO3/c1-2-9-14-10-5-3-4-7-13(10,12(16)17)8-6-11(14)15/h5H,2-4,6-9H2,1H3,(H,16,17)/t13-/m1/s1. The maximum Gasteiger partial charge on any atom is 0.315 e. The molecule has 1 aliphatic heterocycles. The highest BCUT2D eigenvalue weighted by Gasteiger charge is 2.49. The summed E-state index contributed by atoms with van der Waals surface area (Å²) in [5.74, 6) is -0.686. The molecule has 4 nitrogen and oxygen atoms in total. The molecule has 1 heterocycles. The first-order valence-corrected chi connectivity index (χ1v) is 6.36. The van der Waals surface area contributed by atoms with Gasteiger partial charge in [-0.15, -0.1) is 0 Å². The van der Waals surface area contributed by atoms with Crippen molar-refractivity contribution in [2.24, 2.45) is 5.41 Å². The van der Waals surface area contributed by atoms with Gasteiger partial charge < -0.3 is 10.0 Å². The van der Waals surface area contributed by atoms with Gasteiger partial charge in [-0.2, -0.15) is 0 Å². The highest BCUT2D eigenvalue weighted by Crippen LogP contribution is 2.46. The first kappa shape index (κ1) is 12.1. The van der Waals surface area contributed by atoms with Crippen molar-refractivity contribution in [2.45, 2.75) is 45.4 Å². The Morgan fingerprint density at radius 3 is 2.94 bits per heavy atom. The van der Waals surface area contributed by atoms with E-state index in [0.717, 1.165) is 25.0 Å². The van der Waals surface area contributed by atoms with Crippen molar-refractivity contribution >= 4 is 11.9 Å². The minimum atomic E-state index is -0.790. The highest BCUT2D eigenvalue weighted by atomic mass is 16.4. The fourth-order valence-corrected chi connectivity index (χ4v) is 2.97. The molecule has 2 aliphatic rings. The van der Waals surface area contributed by atoms with Gasteiger partial charge in [-0.05, 0) is 32.1 Å². The third kappa shape index (κ3) is 1.85. The first-order chi connectivity index (χ1) is 8.12. The molecule has 17 heavy (non-hydrogen) atoms. The lowest BCUT2D eigenvalue weighted by Crippen LogP contribution is -2.49. The van der Waals surface area contributed by atoms with E-state index in [0.29, 0.717) is 25.8 Å². The Kier molecular flexibility index (Phi) is 3.22. The van der Waals surface area contributed by atoms with Crippen molar-refractivity contribution in [2.75, 3.05) is 6.54 Å². The lowest BCUT2D eigenvalue weighted by molar-refractivity contribution is -0.153. The summed E-state index contributed by atoms with van der Waals surface area (Å²) in [4.78, 5) is 25.2. The van der Waals surface area contributed by atoms with Crippen molar-refractivity contribution in [1.29, 1.82) is 0 Å². The molecule has 1 aliphatic carbocycles. The van der Waals surface area contributed by atoms with Crippen LogP contribution in [0.3, 0.4) is 0 Å². The van der Waals surface area contributed by atoms with Crippen molar-refractivity contribution in [3.8, 4) is 0 Å². The average molecular weight is 237 g/mol. The number of rotatable bonds is 3. The predicted molar refractivity (Wildman–Crippen MR) is 63.2 cm³/mol. The summed E-state index contributed by atoms with van der Waals surface area (Å²) in [6.07, 6.45) is 6.11. The SMILES string of the molecule is CCCN1C(=O)CC[C@]2(C(=O)O)CCCC=C12. The summed E-state index contributed by atoms with van der Waals surface area (Å²) in [7, 11) is 0. The molecule has 0 aromatic rings. The Balaban J connectivity index is 2.39. The molecule has 2 rings (SSSR count). The minimum Gasteiger partial charge on any atom is -0.481 e. The predicted octanol–water partition coefficient (Wildman–Crippen LogP) is 2.16. The van der Waals surface area contributed by atoms with Crippen molar-refractivity contribution in [3.05, 3.63) is 11.8 Å². The molecule has 0 unspecified atom stereocenters. The molecule has 0 aromatic carbocycles. The van der Waals surface area contributed by atoms with Gasteiger partial charge in [0.25, 0.3) is 0 Å². The Morgan fingerprint density at radius 1 is 1.53 bits per heavy atom. The minimum absolute atomic E-state index is 0.0804. The second-order valence-electron chi connectivity index (χ2n) is 4.91. The summed E-state index contributed by atoms with van der Waals surface area (Å²) in [6.45, 7) is 2.65. The topological polar surface area (TPSA) is 57.6 Å². The number of allylic oxidation sites excluding steroid dienone is 1. The van der Waals surface area contributed by atoms with E-state index in [1.807, 2.05) is 13.0 Å². The lowest BCUT2D eigenvalue weighted by atomic mass is 9.70. The van der Waals surface area contributed by atoms with Crippen LogP contribution < -0.4 is 0 Å². The summed E-state index contributed by atoms with van der Waals surface area (Å²) in [5.41, 5.74) is -0.0317. The van der Waals surface area contributed by atoms with Crippen molar-refractivity contribution in [3.63, 3.8) is 0 Å². The molecule has 0 saturated carbocycles. The summed E-state index contributed by atoms with van der Waals surface area (Å²) < 4.78 is 0. The van der Waals surface area contributed by atoms with E-state index in [9.17, 15) is 14.7 Å². The number of amides is 1. The Bertz CT molecular complexity index is 375. The van der Waals surface area contributed by atoms with Gasteiger partial charge in [0, 0.05) is 18.7 Å². The number of hydrogen-bond acceptors (Lipinski definition) is 2. The monoisotopic (exact) mass is 237 g/mol. The number of likely N-dealkylation sites (tertiary alicyclic amines) is 1. The lowest BCUT2D eigenvalue weighted by Gasteiger charge is -2.44. The number of carbonyl (C=O) groups excluding carboxylic acids is 1. The third-order valence-electron chi connectivity index (χ3n) is 3.85. The van der Waals surface area contributed by atoms with Crippen LogP contribution in [-0.4, -0.2) is 28.4 Å². The number of carboxylic acids is 1. The molecule has 0 spiro atoms. The second-order valence-corrected chi connectivity index (χ2v) is 4.91. The number of carbonyl (C=O) groups is 2. The molecule has 1 saturated heterocycles. The normalized spacial score (nSPS) is 28.6. The van der Waals surface area contributed by atoms with E-state index in [1.165, 1.54) is 0 Å². The van der Waals surface area contributed by atoms with Crippen LogP contribution in [0.2, 0.25) is 0 Å². The maximum atomic E-state index is 11.9. The third-order valence-corrected chi connectivity index (χ3v) is 3.85. The van der Waals surface area contributed by atoms with Gasteiger partial charge in [-0.3, -0.25) is 9.59 Å². The number of carboxylic acid groups (broad SMARTS) is 1. The Morgan fingerprint density at radius 2 is 2.29 bits per heavy atom. The van der Waals surface area contributed by atoms with Gasteiger partial charge in [-0.25, -0.2) is 0 Å². The van der Waals surface area contributed by atoms with Crippen molar-refractivity contribution < 1.29 is 14.7 Å². The van der Waals surface area contributed by atoms with Crippen LogP contribution in [-0.2, 0) is 9.59 Å². The molecule has 94 valence electrons. The average Bonchev–Trinajstić information content (AvgIpc) is 2.33. The summed E-state index contributed by atoms with van der Waals surface area (Å²) in [6, 6.07) is 0. The Hall–Kier alpha value is -1.32. The van der Waals surface area contributed by atoms with Gasteiger partial charge in [0.05, 0.1) is 0 Å². The zero-order chi connectivity index (χ0) is 12.5. The number of hydrogen-bond donors (Lipinski definition) is 1. The van der Waals surface area contributed by atoms with E-state index in [2.05, 4.69) is 0 Å². The van der Waals surface area contributed by atoms with Crippen LogP contribution in [0.1, 0.15) is 45.4 Å². The Labute approximate surface area is 101 Å². The van der Waals surface area contributed by atoms with Gasteiger partial charge in [0.1, 0.15) is 5.41 Å². The molecular weight excluding hydrogens is 218 g/mol. The van der Waals surface area contributed by atoms with Crippen LogP contribution >= 0.6 is 0 Å². The molecule has 4 heteroatoms. The van der Waals surface area contributed by atoms with Crippen molar-refractivity contribution in [1.82, 2.24) is 4.90 Å². The number of nitrogens with zero attached hydrogens (tertiary/aromatic N) is 1. The summed E-state index contributed by atoms with van der Waals surface area (Å²) in [5, 5.41) is 9.52. The van der Waals surface area contributed by atoms with Crippen LogP contribution in [0.25, 0.3) is 0 Å². The van der Waals surface area contributed by atoms with Crippen LogP contribution in [0.4, 0.5) is 0 Å². The van der Waals surface area contributed by atoms with Gasteiger partial charge in [0.15, 0.2) is 0 Å². The molecule has 0 bridgehead atoms. The maximum absolute atomic E-state index is 11.9. The largest absolute Gasteiger partial charge is 0.481 e. The van der Waals surface area contributed by atoms with E-state index in [4.69, 9.17) is 0 Å². The fourth-order valence-electron chi connectivity index (χ4n) is 2.97. The van der Waals surface area contributed by atoms with E-state index in [1.54, 1.807) is 4.90 Å². The zero-order valence-corrected chi connectivity index (χ0v) is 10.2. The molecular formula is C13H19NO3. The molecule has 0 radical (unpaired) electrons. The van der Waals surface area contributed by atoms with Crippen LogP contribution in [0.5, 0.6) is 0 Å². The van der Waals surface area contributed by atoms with E-state index < -0.39 is 11.4 Å².